The number of aliphatic hydroxyl groups is 1. The lowest BCUT2D eigenvalue weighted by Gasteiger charge is -2.40. The third kappa shape index (κ3) is 5.58. The van der Waals surface area contributed by atoms with Crippen LogP contribution in [0.25, 0.3) is 0 Å². The molecule has 1 aliphatic rings. The first-order valence-electron chi connectivity index (χ1n) is 12.6. The molecule has 1 fully saturated rings. The number of hydrogen-bond donors (Lipinski definition) is 1. The summed E-state index contributed by atoms with van der Waals surface area (Å²) in [6.07, 6.45) is 8.36. The number of rotatable bonds is 6. The monoisotopic (exact) mass is 481 g/mol. The zero-order valence-corrected chi connectivity index (χ0v) is 22.3. The van der Waals surface area contributed by atoms with Gasteiger partial charge < -0.3 is 5.11 Å². The van der Waals surface area contributed by atoms with Crippen LogP contribution in [0, 0.1) is 11.3 Å². The lowest BCUT2D eigenvalue weighted by Crippen LogP contribution is -2.33. The molecule has 0 aliphatic heterocycles. The van der Waals surface area contributed by atoms with Crippen LogP contribution in [0.3, 0.4) is 0 Å². The Balaban J connectivity index is 1.80. The van der Waals surface area contributed by atoms with Crippen LogP contribution in [0.5, 0.6) is 0 Å². The van der Waals surface area contributed by atoms with Gasteiger partial charge in [0.1, 0.15) is 23.2 Å². The summed E-state index contributed by atoms with van der Waals surface area (Å²) in [5, 5.41) is 14.3. The van der Waals surface area contributed by atoms with Gasteiger partial charge in [0, 0.05) is 0 Å². The van der Waals surface area contributed by atoms with Crippen molar-refractivity contribution in [1.82, 2.24) is 0 Å². The second-order valence-electron chi connectivity index (χ2n) is 10.5. The lowest BCUT2D eigenvalue weighted by molar-refractivity contribution is 0.0769. The van der Waals surface area contributed by atoms with Gasteiger partial charge in [0.05, 0.1) is 11.9 Å². The molecule has 0 aromatic heterocycles. The van der Waals surface area contributed by atoms with Crippen LogP contribution in [0.4, 0.5) is 0 Å². The van der Waals surface area contributed by atoms with Gasteiger partial charge in [-0.1, -0.05) is 93.1 Å². The molecule has 0 amide bonds. The van der Waals surface area contributed by atoms with Gasteiger partial charge in [-0.25, -0.2) is 0 Å². The predicted octanol–water partition coefficient (Wildman–Crippen LogP) is 7.18. The van der Waals surface area contributed by atoms with E-state index in [9.17, 15) is 5.11 Å². The van der Waals surface area contributed by atoms with E-state index in [-0.39, 0.29) is 11.5 Å². The first-order valence-corrected chi connectivity index (χ1v) is 14.5. The molecule has 0 heterocycles. The highest BCUT2D eigenvalue weighted by atomic mass is 31.2. The third-order valence-electron chi connectivity index (χ3n) is 7.26. The van der Waals surface area contributed by atoms with E-state index >= 15 is 0 Å². The molecule has 1 saturated carbocycles. The number of hydrogen-bond acceptors (Lipinski definition) is 1. The molecule has 3 aromatic rings. The molecule has 0 bridgehead atoms. The quantitative estimate of drug-likeness (QED) is 0.292. The molecule has 1 aliphatic carbocycles. The fraction of sp³-hybridized carbons (Fsp3) is 0.273. The van der Waals surface area contributed by atoms with Crippen molar-refractivity contribution in [1.29, 1.82) is 0 Å². The molecule has 35 heavy (non-hydrogen) atoms. The predicted molar refractivity (Wildman–Crippen MR) is 154 cm³/mol. The van der Waals surface area contributed by atoms with Gasteiger partial charge in [0.2, 0.25) is 0 Å². The number of benzene rings is 3. The van der Waals surface area contributed by atoms with Crippen molar-refractivity contribution >= 4 is 23.2 Å². The molecule has 3 aromatic carbocycles. The molecule has 0 unspecified atom stereocenters. The van der Waals surface area contributed by atoms with E-state index < -0.39 is 7.26 Å². The molecular formula is C33H38OP+. The van der Waals surface area contributed by atoms with Crippen molar-refractivity contribution in [3.63, 3.8) is 0 Å². The minimum absolute atomic E-state index is 0.0203. The molecule has 0 radical (unpaired) electrons. The van der Waals surface area contributed by atoms with Crippen LogP contribution < -0.4 is 15.9 Å². The topological polar surface area (TPSA) is 20.2 Å². The van der Waals surface area contributed by atoms with Crippen molar-refractivity contribution in [3.05, 3.63) is 126 Å². The Hall–Kier alpha value is -2.73. The zero-order valence-electron chi connectivity index (χ0n) is 21.4. The second-order valence-corrected chi connectivity index (χ2v) is 13.7. The van der Waals surface area contributed by atoms with Crippen LogP contribution in [0.2, 0.25) is 0 Å². The van der Waals surface area contributed by atoms with Crippen LogP contribution >= 0.6 is 7.26 Å². The van der Waals surface area contributed by atoms with Gasteiger partial charge in [-0.05, 0) is 79.1 Å². The molecule has 0 saturated heterocycles. The Morgan fingerprint density at radius 1 is 0.829 bits per heavy atom. The smallest absolute Gasteiger partial charge is 0.136 e. The number of allylic oxidation sites excluding steroid dienone is 5. The molecular weight excluding hydrogens is 443 g/mol. The molecule has 1 nitrogen and oxygen atoms in total. The average molecular weight is 482 g/mol. The largest absolute Gasteiger partial charge is 0.393 e. The SMILES string of the molecule is CC(/C=C/[P+](c1ccccc1)(c1ccccc1)c1ccccc1)=C\C=C1/[C@H](C)C[C@@H](O)CC1(C)C. The van der Waals surface area contributed by atoms with E-state index in [1.807, 2.05) is 0 Å². The second kappa shape index (κ2) is 10.9. The van der Waals surface area contributed by atoms with Gasteiger partial charge in [-0.3, -0.25) is 0 Å². The summed E-state index contributed by atoms with van der Waals surface area (Å²) in [7, 11) is -1.98. The summed E-state index contributed by atoms with van der Waals surface area (Å²) in [6, 6.07) is 32.8. The molecule has 180 valence electrons. The van der Waals surface area contributed by atoms with Gasteiger partial charge >= 0.3 is 0 Å². The Morgan fingerprint density at radius 3 is 1.71 bits per heavy atom. The molecule has 0 spiro atoms. The van der Waals surface area contributed by atoms with Crippen molar-refractivity contribution in [2.24, 2.45) is 11.3 Å². The summed E-state index contributed by atoms with van der Waals surface area (Å²) in [6.45, 7) is 8.95. The normalized spacial score (nSPS) is 22.0. The van der Waals surface area contributed by atoms with Crippen LogP contribution in [-0.2, 0) is 0 Å². The number of aliphatic hydroxyl groups excluding tert-OH is 1. The highest BCUT2D eigenvalue weighted by molar-refractivity contribution is 7.98. The van der Waals surface area contributed by atoms with E-state index in [4.69, 9.17) is 0 Å². The Labute approximate surface area is 212 Å². The van der Waals surface area contributed by atoms with E-state index in [2.05, 4.69) is 143 Å². The van der Waals surface area contributed by atoms with Crippen molar-refractivity contribution < 1.29 is 5.11 Å². The van der Waals surface area contributed by atoms with Gasteiger partial charge in [-0.2, -0.15) is 0 Å². The van der Waals surface area contributed by atoms with Gasteiger partial charge in [0.25, 0.3) is 0 Å². The highest BCUT2D eigenvalue weighted by Crippen LogP contribution is 2.57. The summed E-state index contributed by atoms with van der Waals surface area (Å²) in [4.78, 5) is 0. The molecule has 4 rings (SSSR count). The van der Waals surface area contributed by atoms with Crippen LogP contribution in [0.1, 0.15) is 40.5 Å². The fourth-order valence-corrected chi connectivity index (χ4v) is 9.38. The maximum Gasteiger partial charge on any atom is 0.136 e. The summed E-state index contributed by atoms with van der Waals surface area (Å²) in [5.41, 5.74) is 2.69. The zero-order chi connectivity index (χ0) is 24.9. The molecule has 2 atom stereocenters. The average Bonchev–Trinajstić information content (AvgIpc) is 2.85. The standard InChI is InChI=1S/C33H38OP/c1-26(20-21-32-27(2)24-28(34)25-33(32,3)4)22-23-35(29-14-8-5-9-15-29,30-16-10-6-11-17-30)31-18-12-7-13-19-31/h5-23,27-28,34H,24-25H2,1-4H3/q+1/b23-22+,26-20+,32-21+/t27-,28-/m1/s1. The Morgan fingerprint density at radius 2 is 1.29 bits per heavy atom. The van der Waals surface area contributed by atoms with Crippen molar-refractivity contribution in [3.8, 4) is 0 Å². The first-order chi connectivity index (χ1) is 16.8. The van der Waals surface area contributed by atoms with Crippen LogP contribution in [0.15, 0.2) is 126 Å². The first kappa shape index (κ1) is 25.4. The van der Waals surface area contributed by atoms with Crippen molar-refractivity contribution in [2.45, 2.75) is 46.6 Å². The van der Waals surface area contributed by atoms with Crippen molar-refractivity contribution in [2.75, 3.05) is 0 Å². The van der Waals surface area contributed by atoms with Gasteiger partial charge in [-0.15, -0.1) is 0 Å². The van der Waals surface area contributed by atoms with E-state index in [0.29, 0.717) is 5.92 Å². The third-order valence-corrected chi connectivity index (χ3v) is 11.2. The summed E-state index contributed by atoms with van der Waals surface area (Å²) >= 11 is 0. The summed E-state index contributed by atoms with van der Waals surface area (Å²) < 4.78 is 0. The fourth-order valence-electron chi connectivity index (χ4n) is 5.58. The van der Waals surface area contributed by atoms with E-state index in [0.717, 1.165) is 12.8 Å². The Bertz CT molecular complexity index is 1090. The van der Waals surface area contributed by atoms with Crippen LogP contribution in [-0.4, -0.2) is 11.2 Å². The highest BCUT2D eigenvalue weighted by Gasteiger charge is 2.43. The molecule has 1 N–H and O–H groups in total. The van der Waals surface area contributed by atoms with Gasteiger partial charge in [0.15, 0.2) is 0 Å². The lowest BCUT2D eigenvalue weighted by atomic mass is 9.67. The maximum atomic E-state index is 10.3. The molecule has 2 heteroatoms. The minimum Gasteiger partial charge on any atom is -0.393 e. The maximum absolute atomic E-state index is 10.3. The Kier molecular flexibility index (Phi) is 7.90. The van der Waals surface area contributed by atoms with E-state index in [1.54, 1.807) is 0 Å². The van der Waals surface area contributed by atoms with E-state index in [1.165, 1.54) is 27.1 Å². The minimum atomic E-state index is -1.98. The summed E-state index contributed by atoms with van der Waals surface area (Å²) in [5.74, 6) is 2.86.